The van der Waals surface area contributed by atoms with Crippen LogP contribution < -0.4 is 4.90 Å². The van der Waals surface area contributed by atoms with Gasteiger partial charge in [0.05, 0.1) is 17.4 Å². The third-order valence-electron chi connectivity index (χ3n) is 4.01. The van der Waals surface area contributed by atoms with Crippen LogP contribution in [0.4, 0.5) is 5.95 Å². The van der Waals surface area contributed by atoms with E-state index < -0.39 is 0 Å². The van der Waals surface area contributed by atoms with Gasteiger partial charge >= 0.3 is 0 Å². The number of rotatable bonds is 2. The SMILES string of the molecule is Clc1cnc(N2CCC(N3CCCC3)CC2)nc1. The van der Waals surface area contributed by atoms with Crippen LogP contribution in [0, 0.1) is 0 Å². The van der Waals surface area contributed by atoms with E-state index in [1.165, 1.54) is 38.8 Å². The Morgan fingerprint density at radius 3 is 2.22 bits per heavy atom. The zero-order chi connectivity index (χ0) is 12.4. The molecule has 3 heterocycles. The number of hydrogen-bond acceptors (Lipinski definition) is 4. The lowest BCUT2D eigenvalue weighted by atomic mass is 10.0. The summed E-state index contributed by atoms with van der Waals surface area (Å²) < 4.78 is 0. The van der Waals surface area contributed by atoms with Crippen molar-refractivity contribution in [2.45, 2.75) is 31.7 Å². The van der Waals surface area contributed by atoms with Crippen molar-refractivity contribution in [3.63, 3.8) is 0 Å². The molecular formula is C13H19ClN4. The Morgan fingerprint density at radius 1 is 1.00 bits per heavy atom. The zero-order valence-corrected chi connectivity index (χ0v) is 11.3. The van der Waals surface area contributed by atoms with Crippen molar-refractivity contribution in [3.8, 4) is 0 Å². The molecule has 0 atom stereocenters. The summed E-state index contributed by atoms with van der Waals surface area (Å²) in [6, 6.07) is 0.774. The number of aromatic nitrogens is 2. The van der Waals surface area contributed by atoms with Crippen LogP contribution in [0.2, 0.25) is 5.02 Å². The number of nitrogens with zero attached hydrogens (tertiary/aromatic N) is 4. The minimum absolute atomic E-state index is 0.603. The first-order valence-corrected chi connectivity index (χ1v) is 7.17. The van der Waals surface area contributed by atoms with Gasteiger partial charge in [0.2, 0.25) is 5.95 Å². The first kappa shape index (κ1) is 12.2. The van der Waals surface area contributed by atoms with Crippen molar-refractivity contribution in [2.24, 2.45) is 0 Å². The van der Waals surface area contributed by atoms with Crippen LogP contribution in [0.25, 0.3) is 0 Å². The van der Waals surface area contributed by atoms with Crippen LogP contribution in [0.3, 0.4) is 0 Å². The van der Waals surface area contributed by atoms with E-state index in [4.69, 9.17) is 11.6 Å². The Morgan fingerprint density at radius 2 is 1.61 bits per heavy atom. The molecular weight excluding hydrogens is 248 g/mol. The van der Waals surface area contributed by atoms with Crippen molar-refractivity contribution in [1.29, 1.82) is 0 Å². The molecule has 0 saturated carbocycles. The van der Waals surface area contributed by atoms with Crippen molar-refractivity contribution < 1.29 is 0 Å². The molecule has 0 N–H and O–H groups in total. The highest BCUT2D eigenvalue weighted by Crippen LogP contribution is 2.23. The van der Waals surface area contributed by atoms with Gasteiger partial charge < -0.3 is 9.80 Å². The largest absolute Gasteiger partial charge is 0.341 e. The number of hydrogen-bond donors (Lipinski definition) is 0. The monoisotopic (exact) mass is 266 g/mol. The second-order valence-electron chi connectivity index (χ2n) is 5.16. The number of likely N-dealkylation sites (tertiary alicyclic amines) is 1. The molecule has 4 nitrogen and oxygen atoms in total. The molecule has 2 aliphatic rings. The van der Waals surface area contributed by atoms with Gasteiger partial charge in [-0.1, -0.05) is 11.6 Å². The van der Waals surface area contributed by atoms with E-state index in [0.29, 0.717) is 5.02 Å². The van der Waals surface area contributed by atoms with Gasteiger partial charge in [0.25, 0.3) is 0 Å². The highest BCUT2D eigenvalue weighted by molar-refractivity contribution is 6.30. The third-order valence-corrected chi connectivity index (χ3v) is 4.21. The zero-order valence-electron chi connectivity index (χ0n) is 10.6. The molecule has 2 saturated heterocycles. The quantitative estimate of drug-likeness (QED) is 0.822. The topological polar surface area (TPSA) is 32.3 Å². The fraction of sp³-hybridized carbons (Fsp3) is 0.692. The first-order chi connectivity index (χ1) is 8.83. The molecule has 18 heavy (non-hydrogen) atoms. The van der Waals surface area contributed by atoms with Gasteiger partial charge in [0.15, 0.2) is 0 Å². The molecule has 0 spiro atoms. The average Bonchev–Trinajstić information content (AvgIpc) is 2.94. The lowest BCUT2D eigenvalue weighted by Crippen LogP contribution is -2.44. The predicted molar refractivity (Wildman–Crippen MR) is 73.1 cm³/mol. The van der Waals surface area contributed by atoms with Crippen LogP contribution in [-0.2, 0) is 0 Å². The summed E-state index contributed by atoms with van der Waals surface area (Å²) in [5, 5.41) is 0.603. The molecule has 0 unspecified atom stereocenters. The van der Waals surface area contributed by atoms with Crippen molar-refractivity contribution in [1.82, 2.24) is 14.9 Å². The number of anilines is 1. The second-order valence-corrected chi connectivity index (χ2v) is 5.60. The molecule has 2 fully saturated rings. The Hall–Kier alpha value is -0.870. The molecule has 0 bridgehead atoms. The maximum Gasteiger partial charge on any atom is 0.225 e. The fourth-order valence-corrected chi connectivity index (χ4v) is 3.10. The molecule has 0 radical (unpaired) electrons. The van der Waals surface area contributed by atoms with Gasteiger partial charge in [0.1, 0.15) is 0 Å². The van der Waals surface area contributed by atoms with Crippen molar-refractivity contribution in [3.05, 3.63) is 17.4 Å². The molecule has 0 amide bonds. The second kappa shape index (κ2) is 5.41. The van der Waals surface area contributed by atoms with E-state index in [-0.39, 0.29) is 0 Å². The Balaban J connectivity index is 1.57. The van der Waals surface area contributed by atoms with Crippen LogP contribution in [0.1, 0.15) is 25.7 Å². The molecule has 3 rings (SSSR count). The minimum Gasteiger partial charge on any atom is -0.341 e. The number of halogens is 1. The lowest BCUT2D eigenvalue weighted by molar-refractivity contribution is 0.207. The Kier molecular flexibility index (Phi) is 3.66. The molecule has 5 heteroatoms. The highest BCUT2D eigenvalue weighted by Gasteiger charge is 2.27. The maximum atomic E-state index is 5.81. The summed E-state index contributed by atoms with van der Waals surface area (Å²) in [6.45, 7) is 4.70. The van der Waals surface area contributed by atoms with Crippen molar-refractivity contribution >= 4 is 17.5 Å². The van der Waals surface area contributed by atoms with Gasteiger partial charge in [-0.15, -0.1) is 0 Å². The van der Waals surface area contributed by atoms with E-state index in [0.717, 1.165) is 25.1 Å². The molecule has 0 aromatic carbocycles. The normalized spacial score (nSPS) is 22.6. The molecule has 2 aliphatic heterocycles. The molecule has 1 aromatic rings. The summed E-state index contributed by atoms with van der Waals surface area (Å²) in [5.41, 5.74) is 0. The Bertz CT molecular complexity index is 380. The van der Waals surface area contributed by atoms with Gasteiger partial charge in [0, 0.05) is 19.1 Å². The Labute approximate surface area is 113 Å². The fourth-order valence-electron chi connectivity index (χ4n) is 3.01. The van der Waals surface area contributed by atoms with Crippen LogP contribution >= 0.6 is 11.6 Å². The van der Waals surface area contributed by atoms with E-state index in [1.54, 1.807) is 12.4 Å². The average molecular weight is 267 g/mol. The summed E-state index contributed by atoms with van der Waals surface area (Å²) in [5.74, 6) is 0.819. The van der Waals surface area contributed by atoms with Gasteiger partial charge in [-0.3, -0.25) is 0 Å². The molecule has 0 aliphatic carbocycles. The lowest BCUT2D eigenvalue weighted by Gasteiger charge is -2.36. The molecule has 98 valence electrons. The van der Waals surface area contributed by atoms with Crippen molar-refractivity contribution in [2.75, 3.05) is 31.1 Å². The van der Waals surface area contributed by atoms with Crippen LogP contribution in [-0.4, -0.2) is 47.1 Å². The van der Waals surface area contributed by atoms with Crippen LogP contribution in [0.15, 0.2) is 12.4 Å². The summed E-state index contributed by atoms with van der Waals surface area (Å²) in [6.07, 6.45) is 8.56. The van der Waals surface area contributed by atoms with E-state index in [1.807, 2.05) is 0 Å². The highest BCUT2D eigenvalue weighted by atomic mass is 35.5. The smallest absolute Gasteiger partial charge is 0.225 e. The predicted octanol–water partition coefficient (Wildman–Crippen LogP) is 2.19. The summed E-state index contributed by atoms with van der Waals surface area (Å²) in [7, 11) is 0. The standard InChI is InChI=1S/C13H19ClN4/c14-11-9-15-13(16-10-11)18-7-3-12(4-8-18)17-5-1-2-6-17/h9-10,12H,1-8H2. The molecule has 1 aromatic heterocycles. The van der Waals surface area contributed by atoms with E-state index in [9.17, 15) is 0 Å². The van der Waals surface area contributed by atoms with E-state index in [2.05, 4.69) is 19.8 Å². The van der Waals surface area contributed by atoms with E-state index >= 15 is 0 Å². The maximum absolute atomic E-state index is 5.81. The van der Waals surface area contributed by atoms with Crippen LogP contribution in [0.5, 0.6) is 0 Å². The minimum atomic E-state index is 0.603. The summed E-state index contributed by atoms with van der Waals surface area (Å²) in [4.78, 5) is 13.5. The third kappa shape index (κ3) is 2.59. The first-order valence-electron chi connectivity index (χ1n) is 6.79. The van der Waals surface area contributed by atoms with Gasteiger partial charge in [-0.2, -0.15) is 0 Å². The van der Waals surface area contributed by atoms with Gasteiger partial charge in [-0.25, -0.2) is 9.97 Å². The van der Waals surface area contributed by atoms with Gasteiger partial charge in [-0.05, 0) is 38.8 Å². The number of piperidine rings is 1. The summed E-state index contributed by atoms with van der Waals surface area (Å²) >= 11 is 5.81.